The molecule has 48 valence electrons. The summed E-state index contributed by atoms with van der Waals surface area (Å²) in [5.74, 6) is 2.33. The lowest BCUT2D eigenvalue weighted by Gasteiger charge is -1.98. The molecule has 0 aromatic rings. The number of terminal acetylenes is 1. The van der Waals surface area contributed by atoms with Gasteiger partial charge in [-0.2, -0.15) is 0 Å². The number of rotatable bonds is 2. The monoisotopic (exact) mass is 135 g/mol. The first kappa shape index (κ1) is 10.7. The molecule has 0 rings (SSSR count). The van der Waals surface area contributed by atoms with Crippen LogP contribution in [0.15, 0.2) is 0 Å². The Labute approximate surface area is 55.5 Å². The van der Waals surface area contributed by atoms with Crippen LogP contribution in [0.3, 0.4) is 0 Å². The molecular weight excluding hydrogens is 126 g/mol. The van der Waals surface area contributed by atoms with Gasteiger partial charge in [-0.15, -0.1) is 24.8 Å². The molecule has 1 atom stereocenters. The Kier molecular flexibility index (Phi) is 9.05. The maximum Gasteiger partial charge on any atom is 0.0591 e. The predicted octanol–water partition coefficient (Wildman–Crippen LogP) is -0.249. The van der Waals surface area contributed by atoms with Gasteiger partial charge in [0, 0.05) is 12.5 Å². The van der Waals surface area contributed by atoms with Crippen LogP contribution in [0, 0.1) is 12.3 Å². The molecular formula is C5H10ClNO. The van der Waals surface area contributed by atoms with Crippen molar-refractivity contribution in [1.82, 2.24) is 0 Å². The van der Waals surface area contributed by atoms with E-state index < -0.39 is 0 Å². The lowest BCUT2D eigenvalue weighted by Crippen LogP contribution is -2.23. The summed E-state index contributed by atoms with van der Waals surface area (Å²) in [6.07, 6.45) is 5.32. The quantitative estimate of drug-likeness (QED) is 0.513. The molecule has 3 heteroatoms. The van der Waals surface area contributed by atoms with Gasteiger partial charge in [0.1, 0.15) is 0 Å². The molecule has 0 aromatic heterocycles. The first-order valence-electron chi connectivity index (χ1n) is 2.11. The number of hydrogen-bond donors (Lipinski definition) is 2. The number of halogens is 1. The first-order chi connectivity index (χ1) is 3.31. The van der Waals surface area contributed by atoms with Gasteiger partial charge in [0.2, 0.25) is 0 Å². The summed E-state index contributed by atoms with van der Waals surface area (Å²) < 4.78 is 0. The number of aliphatic hydroxyl groups excluding tert-OH is 1. The fraction of sp³-hybridized carbons (Fsp3) is 0.600. The van der Waals surface area contributed by atoms with E-state index in [1.807, 2.05) is 0 Å². The molecule has 0 spiro atoms. The summed E-state index contributed by atoms with van der Waals surface area (Å²) in [7, 11) is 0. The minimum absolute atomic E-state index is 0. The van der Waals surface area contributed by atoms with Gasteiger partial charge in [0.15, 0.2) is 0 Å². The molecule has 2 nitrogen and oxygen atoms in total. The molecule has 0 aliphatic rings. The van der Waals surface area contributed by atoms with Crippen molar-refractivity contribution in [3.8, 4) is 12.3 Å². The summed E-state index contributed by atoms with van der Waals surface area (Å²) in [6, 6.07) is -0.231. The highest BCUT2D eigenvalue weighted by Crippen LogP contribution is 1.79. The van der Waals surface area contributed by atoms with Gasteiger partial charge in [-0.3, -0.25) is 0 Å². The Morgan fingerprint density at radius 3 is 2.38 bits per heavy atom. The third kappa shape index (κ3) is 5.77. The molecule has 0 saturated carbocycles. The Morgan fingerprint density at radius 1 is 1.75 bits per heavy atom. The topological polar surface area (TPSA) is 46.2 Å². The highest BCUT2D eigenvalue weighted by atomic mass is 35.5. The van der Waals surface area contributed by atoms with Crippen LogP contribution in [-0.4, -0.2) is 17.8 Å². The maximum absolute atomic E-state index is 8.25. The largest absolute Gasteiger partial charge is 0.395 e. The predicted molar refractivity (Wildman–Crippen MR) is 35.8 cm³/mol. The lowest BCUT2D eigenvalue weighted by atomic mass is 10.2. The van der Waals surface area contributed by atoms with Crippen molar-refractivity contribution in [1.29, 1.82) is 0 Å². The average Bonchev–Trinajstić information content (AvgIpc) is 1.68. The van der Waals surface area contributed by atoms with Crippen molar-refractivity contribution >= 4 is 12.4 Å². The number of nitrogens with two attached hydrogens (primary N) is 1. The van der Waals surface area contributed by atoms with E-state index in [0.717, 1.165) is 0 Å². The Bertz CT molecular complexity index is 79.0. The van der Waals surface area contributed by atoms with Gasteiger partial charge < -0.3 is 10.8 Å². The summed E-state index contributed by atoms with van der Waals surface area (Å²) in [5.41, 5.74) is 5.19. The molecule has 0 bridgehead atoms. The van der Waals surface area contributed by atoms with Crippen LogP contribution in [0.25, 0.3) is 0 Å². The zero-order chi connectivity index (χ0) is 5.70. The molecule has 0 aliphatic heterocycles. The maximum atomic E-state index is 8.25. The summed E-state index contributed by atoms with van der Waals surface area (Å²) in [4.78, 5) is 0. The van der Waals surface area contributed by atoms with Gasteiger partial charge in [-0.05, 0) is 0 Å². The van der Waals surface area contributed by atoms with Crippen LogP contribution >= 0.6 is 12.4 Å². The van der Waals surface area contributed by atoms with Crippen molar-refractivity contribution in [2.75, 3.05) is 6.61 Å². The van der Waals surface area contributed by atoms with Gasteiger partial charge in [-0.25, -0.2) is 0 Å². The normalized spacial score (nSPS) is 11.1. The fourth-order valence-electron chi connectivity index (χ4n) is 0.216. The van der Waals surface area contributed by atoms with E-state index in [9.17, 15) is 0 Å². The Morgan fingerprint density at radius 2 is 2.25 bits per heavy atom. The highest BCUT2D eigenvalue weighted by molar-refractivity contribution is 5.85. The molecule has 0 aromatic carbocycles. The van der Waals surface area contributed by atoms with E-state index >= 15 is 0 Å². The van der Waals surface area contributed by atoms with Crippen molar-refractivity contribution < 1.29 is 5.11 Å². The Balaban J connectivity index is 0. The third-order valence-electron chi connectivity index (χ3n) is 0.615. The summed E-state index contributed by atoms with van der Waals surface area (Å²) in [6.45, 7) is -0.0236. The van der Waals surface area contributed by atoms with Gasteiger partial charge in [-0.1, -0.05) is 0 Å². The first-order valence-corrected chi connectivity index (χ1v) is 2.11. The summed E-state index contributed by atoms with van der Waals surface area (Å²) >= 11 is 0. The van der Waals surface area contributed by atoms with Crippen LogP contribution in [0.2, 0.25) is 0 Å². The van der Waals surface area contributed by atoms with Crippen molar-refractivity contribution in [3.05, 3.63) is 0 Å². The van der Waals surface area contributed by atoms with Crippen LogP contribution < -0.4 is 5.73 Å². The molecule has 0 radical (unpaired) electrons. The van der Waals surface area contributed by atoms with Crippen LogP contribution in [-0.2, 0) is 0 Å². The van der Waals surface area contributed by atoms with Gasteiger partial charge in [0.25, 0.3) is 0 Å². The third-order valence-corrected chi connectivity index (χ3v) is 0.615. The van der Waals surface area contributed by atoms with Crippen LogP contribution in [0.4, 0.5) is 0 Å². The zero-order valence-electron chi connectivity index (χ0n) is 4.50. The van der Waals surface area contributed by atoms with E-state index in [1.165, 1.54) is 0 Å². The second-order valence-corrected chi connectivity index (χ2v) is 1.35. The van der Waals surface area contributed by atoms with Gasteiger partial charge in [0.05, 0.1) is 6.61 Å². The lowest BCUT2D eigenvalue weighted by molar-refractivity contribution is 0.267. The van der Waals surface area contributed by atoms with E-state index in [2.05, 4.69) is 5.92 Å². The highest BCUT2D eigenvalue weighted by Gasteiger charge is 1.92. The second kappa shape index (κ2) is 6.77. The minimum Gasteiger partial charge on any atom is -0.395 e. The van der Waals surface area contributed by atoms with E-state index in [4.69, 9.17) is 17.3 Å². The van der Waals surface area contributed by atoms with Crippen LogP contribution in [0.5, 0.6) is 0 Å². The van der Waals surface area contributed by atoms with Crippen LogP contribution in [0.1, 0.15) is 6.42 Å². The minimum atomic E-state index is -0.231. The van der Waals surface area contributed by atoms with E-state index in [1.54, 1.807) is 0 Å². The molecule has 0 heterocycles. The second-order valence-electron chi connectivity index (χ2n) is 1.35. The molecule has 3 N–H and O–H groups in total. The SMILES string of the molecule is C#CCC(N)CO.Cl. The molecule has 1 unspecified atom stereocenters. The van der Waals surface area contributed by atoms with Crippen molar-refractivity contribution in [2.45, 2.75) is 12.5 Å². The molecule has 8 heavy (non-hydrogen) atoms. The van der Waals surface area contributed by atoms with Crippen molar-refractivity contribution in [3.63, 3.8) is 0 Å². The number of aliphatic hydroxyl groups is 1. The molecule has 0 saturated heterocycles. The fourth-order valence-corrected chi connectivity index (χ4v) is 0.216. The summed E-state index contributed by atoms with van der Waals surface area (Å²) in [5, 5.41) is 8.25. The average molecular weight is 136 g/mol. The molecule has 0 aliphatic carbocycles. The van der Waals surface area contributed by atoms with E-state index in [-0.39, 0.29) is 25.1 Å². The van der Waals surface area contributed by atoms with Crippen molar-refractivity contribution in [2.24, 2.45) is 5.73 Å². The van der Waals surface area contributed by atoms with Gasteiger partial charge >= 0.3 is 0 Å². The Hall–Kier alpha value is -0.230. The smallest absolute Gasteiger partial charge is 0.0591 e. The van der Waals surface area contributed by atoms with E-state index in [0.29, 0.717) is 6.42 Å². The number of hydrogen-bond acceptors (Lipinski definition) is 2. The zero-order valence-corrected chi connectivity index (χ0v) is 5.32. The molecule has 0 amide bonds. The standard InChI is InChI=1S/C5H9NO.ClH/c1-2-3-5(6)4-7;/h1,5,7H,3-4,6H2;1H. The molecule has 0 fully saturated rings.